The molecule has 2 amide bonds. The van der Waals surface area contributed by atoms with Crippen LogP contribution in [0.2, 0.25) is 0 Å². The number of benzene rings is 2. The summed E-state index contributed by atoms with van der Waals surface area (Å²) in [4.78, 5) is 29.1. The Morgan fingerprint density at radius 1 is 0.929 bits per heavy atom. The highest BCUT2D eigenvalue weighted by atomic mass is 19.1. The van der Waals surface area contributed by atoms with Crippen LogP contribution in [0, 0.1) is 17.0 Å². The van der Waals surface area contributed by atoms with Crippen LogP contribution >= 0.6 is 0 Å². The van der Waals surface area contributed by atoms with Crippen molar-refractivity contribution in [1.29, 1.82) is 0 Å². The van der Waals surface area contributed by atoms with Gasteiger partial charge in [0, 0.05) is 31.9 Å². The molecule has 5 nitrogen and oxygen atoms in total. The van der Waals surface area contributed by atoms with E-state index in [4.69, 9.17) is 0 Å². The number of carbonyl (C=O) groups is 2. The Morgan fingerprint density at radius 3 is 2.14 bits per heavy atom. The maximum Gasteiger partial charge on any atom is 0.239 e. The molecule has 0 aromatic heterocycles. The predicted molar refractivity (Wildman–Crippen MR) is 104 cm³/mol. The molecule has 0 atom stereocenters. The van der Waals surface area contributed by atoms with Crippen LogP contribution in [-0.4, -0.2) is 42.9 Å². The largest absolute Gasteiger partial charge is 0.366 e. The van der Waals surface area contributed by atoms with Crippen molar-refractivity contribution in [2.45, 2.75) is 13.8 Å². The topological polar surface area (TPSA) is 52.7 Å². The van der Waals surface area contributed by atoms with Crippen LogP contribution in [0.3, 0.4) is 0 Å². The lowest BCUT2D eigenvalue weighted by Gasteiger charge is -2.39. The van der Waals surface area contributed by atoms with Crippen LogP contribution in [-0.2, 0) is 9.59 Å². The van der Waals surface area contributed by atoms with Gasteiger partial charge >= 0.3 is 0 Å². The number of hydrogen-bond donors (Lipinski definition) is 1. The first kappa shape index (κ1) is 19.8. The van der Waals surface area contributed by atoms with Crippen LogP contribution < -0.4 is 10.2 Å². The summed E-state index contributed by atoms with van der Waals surface area (Å²) in [6.07, 6.45) is 0. The molecule has 2 aromatic rings. The van der Waals surface area contributed by atoms with Gasteiger partial charge in [0.05, 0.1) is 5.69 Å². The second-order valence-electron chi connectivity index (χ2n) is 7.32. The monoisotopic (exact) mass is 387 g/mol. The molecule has 0 spiro atoms. The summed E-state index contributed by atoms with van der Waals surface area (Å²) in [7, 11) is 0. The van der Waals surface area contributed by atoms with Crippen molar-refractivity contribution < 1.29 is 18.4 Å². The van der Waals surface area contributed by atoms with Gasteiger partial charge in [-0.15, -0.1) is 0 Å². The highest BCUT2D eigenvalue weighted by molar-refractivity contribution is 6.09. The fourth-order valence-corrected chi connectivity index (χ4v) is 3.17. The third kappa shape index (κ3) is 4.13. The summed E-state index contributed by atoms with van der Waals surface area (Å²) in [5.74, 6) is -1.44. The Labute approximate surface area is 162 Å². The van der Waals surface area contributed by atoms with Gasteiger partial charge in [-0.25, -0.2) is 8.78 Å². The van der Waals surface area contributed by atoms with Gasteiger partial charge in [-0.3, -0.25) is 9.59 Å². The van der Waals surface area contributed by atoms with Crippen LogP contribution in [0.25, 0.3) is 0 Å². The van der Waals surface area contributed by atoms with Crippen molar-refractivity contribution in [3.63, 3.8) is 0 Å². The van der Waals surface area contributed by atoms with Crippen LogP contribution in [0.4, 0.5) is 20.2 Å². The number of nitrogens with one attached hydrogen (secondary N) is 1. The Kier molecular flexibility index (Phi) is 5.63. The summed E-state index contributed by atoms with van der Waals surface area (Å²) in [5, 5.41) is 2.66. The number of carbonyl (C=O) groups excluding carboxylic acids is 2. The van der Waals surface area contributed by atoms with E-state index < -0.39 is 17.1 Å². The fraction of sp³-hybridized carbons (Fsp3) is 0.333. The van der Waals surface area contributed by atoms with Gasteiger partial charge in [0.2, 0.25) is 11.8 Å². The lowest BCUT2D eigenvalue weighted by molar-refractivity contribution is -0.146. The zero-order chi connectivity index (χ0) is 20.3. The lowest BCUT2D eigenvalue weighted by Crippen LogP contribution is -2.54. The van der Waals surface area contributed by atoms with E-state index in [9.17, 15) is 18.4 Å². The quantitative estimate of drug-likeness (QED) is 0.820. The number of anilines is 2. The van der Waals surface area contributed by atoms with E-state index in [0.29, 0.717) is 37.6 Å². The highest BCUT2D eigenvalue weighted by Crippen LogP contribution is 2.25. The van der Waals surface area contributed by atoms with E-state index in [0.717, 1.165) is 0 Å². The minimum atomic E-state index is -1.28. The fourth-order valence-electron chi connectivity index (χ4n) is 3.17. The third-order valence-corrected chi connectivity index (χ3v) is 4.96. The van der Waals surface area contributed by atoms with Crippen molar-refractivity contribution >= 4 is 23.2 Å². The minimum absolute atomic E-state index is 0.290. The SMILES string of the molecule is CC(C)(C(=O)Nc1ccc(F)cc1)C(=O)N1CCN(c2ccccc2F)CC1. The molecule has 3 rings (SSSR count). The lowest BCUT2D eigenvalue weighted by atomic mass is 9.89. The molecule has 1 fully saturated rings. The maximum absolute atomic E-state index is 14.0. The third-order valence-electron chi connectivity index (χ3n) is 4.96. The molecule has 0 aliphatic carbocycles. The van der Waals surface area contributed by atoms with E-state index >= 15 is 0 Å². The Hall–Kier alpha value is -2.96. The van der Waals surface area contributed by atoms with Crippen LogP contribution in [0.1, 0.15) is 13.8 Å². The average molecular weight is 387 g/mol. The second-order valence-corrected chi connectivity index (χ2v) is 7.32. The number of rotatable bonds is 4. The summed E-state index contributed by atoms with van der Waals surface area (Å²) in [6, 6.07) is 11.9. The van der Waals surface area contributed by atoms with Crippen LogP contribution in [0.15, 0.2) is 48.5 Å². The minimum Gasteiger partial charge on any atom is -0.366 e. The summed E-state index contributed by atoms with van der Waals surface area (Å²) < 4.78 is 27.0. The van der Waals surface area contributed by atoms with Gasteiger partial charge in [0.15, 0.2) is 0 Å². The number of hydrogen-bond acceptors (Lipinski definition) is 3. The number of nitrogens with zero attached hydrogens (tertiary/aromatic N) is 2. The Balaban J connectivity index is 1.62. The molecule has 0 unspecified atom stereocenters. The Bertz CT molecular complexity index is 860. The first-order valence-corrected chi connectivity index (χ1v) is 9.15. The number of halogens is 2. The average Bonchev–Trinajstić information content (AvgIpc) is 2.69. The second kappa shape index (κ2) is 7.96. The van der Waals surface area contributed by atoms with Gasteiger partial charge in [-0.1, -0.05) is 12.1 Å². The predicted octanol–water partition coefficient (Wildman–Crippen LogP) is 3.28. The molecule has 0 radical (unpaired) electrons. The normalized spacial score (nSPS) is 14.7. The van der Waals surface area contributed by atoms with E-state index in [2.05, 4.69) is 5.32 Å². The van der Waals surface area contributed by atoms with Crippen molar-refractivity contribution in [2.24, 2.45) is 5.41 Å². The molecule has 1 heterocycles. The summed E-state index contributed by atoms with van der Waals surface area (Å²) >= 11 is 0. The zero-order valence-corrected chi connectivity index (χ0v) is 15.9. The van der Waals surface area contributed by atoms with Gasteiger partial charge in [0.25, 0.3) is 0 Å². The molecule has 1 N–H and O–H groups in total. The first-order valence-electron chi connectivity index (χ1n) is 9.15. The van der Waals surface area contributed by atoms with Crippen molar-refractivity contribution in [1.82, 2.24) is 4.90 Å². The number of piperazine rings is 1. The molecule has 2 aromatic carbocycles. The van der Waals surface area contributed by atoms with Gasteiger partial charge in [-0.05, 0) is 50.2 Å². The number of para-hydroxylation sites is 1. The highest BCUT2D eigenvalue weighted by Gasteiger charge is 2.40. The van der Waals surface area contributed by atoms with E-state index in [1.54, 1.807) is 36.9 Å². The van der Waals surface area contributed by atoms with E-state index in [1.807, 2.05) is 4.90 Å². The van der Waals surface area contributed by atoms with E-state index in [1.165, 1.54) is 30.3 Å². The van der Waals surface area contributed by atoms with Crippen molar-refractivity contribution in [3.05, 3.63) is 60.2 Å². The molecule has 1 saturated heterocycles. The molecular weight excluding hydrogens is 364 g/mol. The maximum atomic E-state index is 14.0. The van der Waals surface area contributed by atoms with Crippen LogP contribution in [0.5, 0.6) is 0 Å². The standard InChI is InChI=1S/C21H23F2N3O2/c1-21(2,19(27)24-16-9-7-15(22)8-10-16)20(28)26-13-11-25(12-14-26)18-6-4-3-5-17(18)23/h3-10H,11-14H2,1-2H3,(H,24,27). The van der Waals surface area contributed by atoms with Gasteiger partial charge in [-0.2, -0.15) is 0 Å². The van der Waals surface area contributed by atoms with Crippen molar-refractivity contribution in [2.75, 3.05) is 36.4 Å². The molecule has 0 saturated carbocycles. The molecule has 1 aliphatic rings. The summed E-state index contributed by atoms with van der Waals surface area (Å²) in [5.41, 5.74) is -0.339. The molecule has 148 valence electrons. The van der Waals surface area contributed by atoms with Gasteiger partial charge < -0.3 is 15.1 Å². The Morgan fingerprint density at radius 2 is 1.54 bits per heavy atom. The molecule has 1 aliphatic heterocycles. The zero-order valence-electron chi connectivity index (χ0n) is 15.9. The number of amides is 2. The molecule has 0 bridgehead atoms. The first-order chi connectivity index (χ1) is 13.3. The molecule has 7 heteroatoms. The van der Waals surface area contributed by atoms with E-state index in [-0.39, 0.29) is 11.7 Å². The molecular formula is C21H23F2N3O2. The van der Waals surface area contributed by atoms with Gasteiger partial charge in [0.1, 0.15) is 17.0 Å². The smallest absolute Gasteiger partial charge is 0.239 e. The summed E-state index contributed by atoms with van der Waals surface area (Å²) in [6.45, 7) is 4.92. The van der Waals surface area contributed by atoms with Crippen molar-refractivity contribution in [3.8, 4) is 0 Å². The molecule has 28 heavy (non-hydrogen) atoms.